The minimum absolute atomic E-state index is 0.0114. The molecule has 3 heterocycles. The molecule has 1 fully saturated rings. The summed E-state index contributed by atoms with van der Waals surface area (Å²) in [6.07, 6.45) is 0. The van der Waals surface area contributed by atoms with Gasteiger partial charge < -0.3 is 15.5 Å². The normalized spacial score (nSPS) is 18.2. The summed E-state index contributed by atoms with van der Waals surface area (Å²) in [6, 6.07) is 20.5. The van der Waals surface area contributed by atoms with E-state index in [0.717, 1.165) is 11.3 Å². The number of aromatic nitrogens is 1. The number of hydrogen-bond donors (Lipinski definition) is 2. The first-order valence-corrected chi connectivity index (χ1v) is 13.9. The molecule has 0 radical (unpaired) electrons. The zero-order valence-corrected chi connectivity index (χ0v) is 23.3. The largest absolute Gasteiger partial charge is 0.340 e. The van der Waals surface area contributed by atoms with Gasteiger partial charge in [-0.25, -0.2) is 13.8 Å². The van der Waals surface area contributed by atoms with Crippen molar-refractivity contribution in [2.24, 2.45) is 4.99 Å². The molecule has 6 nitrogen and oxygen atoms in total. The van der Waals surface area contributed by atoms with Crippen molar-refractivity contribution in [2.45, 2.75) is 32.5 Å². The number of anilines is 2. The van der Waals surface area contributed by atoms with Gasteiger partial charge in [0.05, 0.1) is 23.5 Å². The zero-order chi connectivity index (χ0) is 28.7. The van der Waals surface area contributed by atoms with Crippen molar-refractivity contribution in [3.8, 4) is 11.3 Å². The second-order valence-electron chi connectivity index (χ2n) is 10.5. The van der Waals surface area contributed by atoms with Crippen LogP contribution in [0.2, 0.25) is 5.02 Å². The molecule has 0 bridgehead atoms. The van der Waals surface area contributed by atoms with E-state index in [9.17, 15) is 13.6 Å². The second-order valence-corrected chi connectivity index (χ2v) is 11.0. The molecule has 2 aliphatic rings. The number of amides is 1. The standard InChI is InChI=1S/C32H28ClF2N5O/c1-18-16-40(17-19(2)37-18)32(41)20-6-10-23(11-7-20)38-28-13-8-21-15-36-31(29-26(34)4-3-5-27(29)35)25-14-22(33)9-12-24(25)30(21)39-28/h3-14,18-19,37H,15-17H2,1-2H3,(H,38,39). The number of aliphatic imine (C=N–C) groups is 1. The third kappa shape index (κ3) is 5.45. The first-order valence-electron chi connectivity index (χ1n) is 13.5. The molecule has 208 valence electrons. The Morgan fingerprint density at radius 3 is 2.37 bits per heavy atom. The van der Waals surface area contributed by atoms with Crippen LogP contribution in [0.1, 0.15) is 40.9 Å². The minimum Gasteiger partial charge on any atom is -0.340 e. The van der Waals surface area contributed by atoms with Crippen LogP contribution in [0.3, 0.4) is 0 Å². The summed E-state index contributed by atoms with van der Waals surface area (Å²) in [5.41, 5.74) is 4.03. The van der Waals surface area contributed by atoms with E-state index in [0.29, 0.717) is 46.3 Å². The van der Waals surface area contributed by atoms with E-state index in [1.807, 2.05) is 41.3 Å². The lowest BCUT2D eigenvalue weighted by Gasteiger charge is -2.36. The Bertz CT molecular complexity index is 1640. The topological polar surface area (TPSA) is 69.6 Å². The molecule has 2 aliphatic heterocycles. The van der Waals surface area contributed by atoms with E-state index in [1.165, 1.54) is 18.2 Å². The SMILES string of the molecule is CC1CN(C(=O)c2ccc(Nc3ccc4c(n3)-c3ccc(Cl)cc3C(c3c(F)cccc3F)=NC4)cc2)CC(C)N1. The number of nitrogens with one attached hydrogen (secondary N) is 2. The molecule has 9 heteroatoms. The number of benzene rings is 3. The van der Waals surface area contributed by atoms with Crippen molar-refractivity contribution >= 4 is 34.7 Å². The Morgan fingerprint density at radius 2 is 1.66 bits per heavy atom. The van der Waals surface area contributed by atoms with Gasteiger partial charge in [0, 0.05) is 58.1 Å². The number of hydrogen-bond acceptors (Lipinski definition) is 5. The number of halogens is 3. The van der Waals surface area contributed by atoms with Crippen molar-refractivity contribution in [1.82, 2.24) is 15.2 Å². The summed E-state index contributed by atoms with van der Waals surface area (Å²) < 4.78 is 29.6. The summed E-state index contributed by atoms with van der Waals surface area (Å²) >= 11 is 6.32. The van der Waals surface area contributed by atoms with Crippen molar-refractivity contribution in [2.75, 3.05) is 18.4 Å². The van der Waals surface area contributed by atoms with E-state index < -0.39 is 11.6 Å². The van der Waals surface area contributed by atoms with E-state index in [-0.39, 0.29) is 35.8 Å². The Kier molecular flexibility index (Phi) is 7.28. The number of nitrogens with zero attached hydrogens (tertiary/aromatic N) is 3. The fraction of sp³-hybridized carbons (Fsp3) is 0.219. The molecule has 0 spiro atoms. The van der Waals surface area contributed by atoms with Crippen LogP contribution in [-0.2, 0) is 6.54 Å². The van der Waals surface area contributed by atoms with Crippen LogP contribution in [0.5, 0.6) is 0 Å². The highest BCUT2D eigenvalue weighted by molar-refractivity contribution is 6.31. The van der Waals surface area contributed by atoms with Gasteiger partial charge in [0.1, 0.15) is 17.5 Å². The lowest BCUT2D eigenvalue weighted by molar-refractivity contribution is 0.0674. The average Bonchev–Trinajstić information content (AvgIpc) is 3.09. The summed E-state index contributed by atoms with van der Waals surface area (Å²) in [4.78, 5) is 24.4. The number of rotatable bonds is 4. The van der Waals surface area contributed by atoms with Crippen LogP contribution in [0.15, 0.2) is 77.8 Å². The third-order valence-electron chi connectivity index (χ3n) is 7.33. The Morgan fingerprint density at radius 1 is 0.951 bits per heavy atom. The minimum atomic E-state index is -0.696. The first-order chi connectivity index (χ1) is 19.8. The van der Waals surface area contributed by atoms with E-state index >= 15 is 0 Å². The van der Waals surface area contributed by atoms with Crippen molar-refractivity contribution in [3.05, 3.63) is 112 Å². The van der Waals surface area contributed by atoms with Crippen LogP contribution in [0.4, 0.5) is 20.3 Å². The van der Waals surface area contributed by atoms with Gasteiger partial charge in [-0.2, -0.15) is 0 Å². The number of pyridine rings is 1. The number of carbonyl (C=O) groups excluding carboxylic acids is 1. The highest BCUT2D eigenvalue weighted by Gasteiger charge is 2.26. The van der Waals surface area contributed by atoms with Crippen LogP contribution < -0.4 is 10.6 Å². The van der Waals surface area contributed by atoms with Crippen LogP contribution in [-0.4, -0.2) is 46.7 Å². The summed E-state index contributed by atoms with van der Waals surface area (Å²) in [7, 11) is 0. The van der Waals surface area contributed by atoms with Crippen LogP contribution >= 0.6 is 11.6 Å². The summed E-state index contributed by atoms with van der Waals surface area (Å²) in [6.45, 7) is 5.69. The molecule has 2 atom stereocenters. The van der Waals surface area contributed by atoms with Gasteiger partial charge in [-0.05, 0) is 68.4 Å². The first kappa shape index (κ1) is 27.1. The molecule has 2 N–H and O–H groups in total. The smallest absolute Gasteiger partial charge is 0.253 e. The molecule has 1 aromatic heterocycles. The van der Waals surface area contributed by atoms with Gasteiger partial charge >= 0.3 is 0 Å². The molecule has 4 aromatic rings. The molecule has 0 saturated carbocycles. The number of fused-ring (bicyclic) bond motifs is 3. The van der Waals surface area contributed by atoms with Gasteiger partial charge in [-0.15, -0.1) is 0 Å². The zero-order valence-electron chi connectivity index (χ0n) is 22.6. The van der Waals surface area contributed by atoms with Gasteiger partial charge in [0.15, 0.2) is 0 Å². The predicted octanol–water partition coefficient (Wildman–Crippen LogP) is 6.60. The Labute approximate surface area is 242 Å². The van der Waals surface area contributed by atoms with Gasteiger partial charge in [0.25, 0.3) is 5.91 Å². The lowest BCUT2D eigenvalue weighted by Crippen LogP contribution is -2.55. The molecule has 3 aromatic carbocycles. The molecule has 6 rings (SSSR count). The van der Waals surface area contributed by atoms with Crippen molar-refractivity contribution < 1.29 is 13.6 Å². The Balaban J connectivity index is 1.29. The maximum absolute atomic E-state index is 14.8. The quantitative estimate of drug-likeness (QED) is 0.290. The van der Waals surface area contributed by atoms with E-state index in [2.05, 4.69) is 29.5 Å². The number of piperazine rings is 1. The average molecular weight is 572 g/mol. The molecular formula is C32H28ClF2N5O. The van der Waals surface area contributed by atoms with Crippen LogP contribution in [0, 0.1) is 11.6 Å². The fourth-order valence-electron chi connectivity index (χ4n) is 5.54. The highest BCUT2D eigenvalue weighted by atomic mass is 35.5. The molecule has 1 amide bonds. The van der Waals surface area contributed by atoms with Crippen molar-refractivity contribution in [1.29, 1.82) is 0 Å². The van der Waals surface area contributed by atoms with E-state index in [1.54, 1.807) is 18.2 Å². The van der Waals surface area contributed by atoms with Crippen molar-refractivity contribution in [3.63, 3.8) is 0 Å². The number of carbonyl (C=O) groups is 1. The maximum Gasteiger partial charge on any atom is 0.253 e. The fourth-order valence-corrected chi connectivity index (χ4v) is 5.72. The van der Waals surface area contributed by atoms with E-state index in [4.69, 9.17) is 16.6 Å². The summed E-state index contributed by atoms with van der Waals surface area (Å²) in [5.74, 6) is -0.802. The maximum atomic E-state index is 14.8. The summed E-state index contributed by atoms with van der Waals surface area (Å²) in [5, 5.41) is 7.17. The molecular weight excluding hydrogens is 544 g/mol. The third-order valence-corrected chi connectivity index (χ3v) is 7.56. The van der Waals surface area contributed by atoms with Gasteiger partial charge in [0.2, 0.25) is 0 Å². The monoisotopic (exact) mass is 571 g/mol. The van der Waals surface area contributed by atoms with Gasteiger partial charge in [-0.1, -0.05) is 29.8 Å². The molecule has 2 unspecified atom stereocenters. The Hall–Kier alpha value is -4.14. The predicted molar refractivity (Wildman–Crippen MR) is 158 cm³/mol. The van der Waals surface area contributed by atoms with Gasteiger partial charge in [-0.3, -0.25) is 9.79 Å². The second kappa shape index (κ2) is 11.0. The molecule has 1 saturated heterocycles. The molecule has 41 heavy (non-hydrogen) atoms. The lowest BCUT2D eigenvalue weighted by atomic mass is 9.94. The molecule has 0 aliphatic carbocycles. The highest BCUT2D eigenvalue weighted by Crippen LogP contribution is 2.35. The van der Waals surface area contributed by atoms with Crippen LogP contribution in [0.25, 0.3) is 11.3 Å².